The van der Waals surface area contributed by atoms with Crippen molar-refractivity contribution in [1.29, 1.82) is 0 Å². The lowest BCUT2D eigenvalue weighted by molar-refractivity contribution is -0.131. The molecule has 1 aliphatic heterocycles. The number of phenols is 1. The molecule has 0 aliphatic carbocycles. The molecule has 0 spiro atoms. The SMILES string of the molecule is CC(C)(/C=C/C(=O)O)[C@H](OC(=O)Nc1ccc2c(c1)OCO2)c1ccc(O)c(F)c1. The van der Waals surface area contributed by atoms with E-state index < -0.39 is 35.1 Å². The van der Waals surface area contributed by atoms with Crippen molar-refractivity contribution >= 4 is 17.7 Å². The van der Waals surface area contributed by atoms with Crippen LogP contribution >= 0.6 is 0 Å². The second-order valence-electron chi connectivity index (χ2n) is 7.18. The average molecular weight is 417 g/mol. The molecule has 1 amide bonds. The molecule has 30 heavy (non-hydrogen) atoms. The number of hydrogen-bond donors (Lipinski definition) is 3. The Kier molecular flexibility index (Phi) is 5.81. The number of aliphatic carboxylic acids is 1. The highest BCUT2D eigenvalue weighted by molar-refractivity contribution is 5.85. The monoisotopic (exact) mass is 417 g/mol. The van der Waals surface area contributed by atoms with Crippen LogP contribution in [0.15, 0.2) is 48.6 Å². The van der Waals surface area contributed by atoms with Crippen LogP contribution < -0.4 is 14.8 Å². The Labute approximate surface area is 171 Å². The molecule has 9 heteroatoms. The number of benzene rings is 2. The Morgan fingerprint density at radius 2 is 1.93 bits per heavy atom. The number of anilines is 1. The van der Waals surface area contributed by atoms with Crippen LogP contribution in [0.4, 0.5) is 14.9 Å². The summed E-state index contributed by atoms with van der Waals surface area (Å²) in [5.74, 6) is -1.61. The molecule has 0 aromatic heterocycles. The minimum Gasteiger partial charge on any atom is -0.505 e. The zero-order valence-corrected chi connectivity index (χ0v) is 16.2. The van der Waals surface area contributed by atoms with Crippen LogP contribution in [0.5, 0.6) is 17.2 Å². The second-order valence-corrected chi connectivity index (χ2v) is 7.18. The molecule has 1 aliphatic rings. The highest BCUT2D eigenvalue weighted by Crippen LogP contribution is 2.40. The molecule has 3 rings (SSSR count). The number of nitrogens with one attached hydrogen (secondary N) is 1. The van der Waals surface area contributed by atoms with E-state index in [0.29, 0.717) is 17.2 Å². The van der Waals surface area contributed by atoms with Crippen LogP contribution in [0.3, 0.4) is 0 Å². The lowest BCUT2D eigenvalue weighted by Gasteiger charge is -2.31. The van der Waals surface area contributed by atoms with Gasteiger partial charge in [-0.3, -0.25) is 5.32 Å². The van der Waals surface area contributed by atoms with Gasteiger partial charge < -0.3 is 24.4 Å². The Balaban J connectivity index is 1.84. The maximum absolute atomic E-state index is 13.9. The first-order chi connectivity index (χ1) is 14.2. The largest absolute Gasteiger partial charge is 0.505 e. The fourth-order valence-corrected chi connectivity index (χ4v) is 2.94. The van der Waals surface area contributed by atoms with Gasteiger partial charge in [-0.05, 0) is 29.8 Å². The molecule has 2 aromatic carbocycles. The van der Waals surface area contributed by atoms with Crippen LogP contribution in [0.1, 0.15) is 25.5 Å². The first-order valence-electron chi connectivity index (χ1n) is 8.93. The molecule has 0 fully saturated rings. The molecule has 0 saturated heterocycles. The smallest absolute Gasteiger partial charge is 0.412 e. The number of ether oxygens (including phenoxy) is 3. The van der Waals surface area contributed by atoms with E-state index >= 15 is 0 Å². The molecule has 3 N–H and O–H groups in total. The molecule has 158 valence electrons. The van der Waals surface area contributed by atoms with E-state index in [-0.39, 0.29) is 12.4 Å². The van der Waals surface area contributed by atoms with E-state index in [4.69, 9.17) is 19.3 Å². The third kappa shape index (κ3) is 4.80. The molecule has 1 atom stereocenters. The summed E-state index contributed by atoms with van der Waals surface area (Å²) in [5.41, 5.74) is -0.390. The van der Waals surface area contributed by atoms with Gasteiger partial charge in [0.1, 0.15) is 6.10 Å². The van der Waals surface area contributed by atoms with Crippen molar-refractivity contribution in [3.05, 3.63) is 59.9 Å². The number of carboxylic acid groups (broad SMARTS) is 1. The number of fused-ring (bicyclic) bond motifs is 1. The molecule has 0 bridgehead atoms. The summed E-state index contributed by atoms with van der Waals surface area (Å²) >= 11 is 0. The normalized spacial score (nSPS) is 13.8. The van der Waals surface area contributed by atoms with E-state index in [1.807, 2.05) is 0 Å². The van der Waals surface area contributed by atoms with Crippen LogP contribution in [-0.2, 0) is 9.53 Å². The number of phenolic OH excluding ortho intramolecular Hbond substituents is 1. The van der Waals surface area contributed by atoms with Crippen molar-refractivity contribution in [1.82, 2.24) is 0 Å². The summed E-state index contributed by atoms with van der Waals surface area (Å²) in [6, 6.07) is 8.35. The first-order valence-corrected chi connectivity index (χ1v) is 8.93. The molecule has 1 heterocycles. The van der Waals surface area contributed by atoms with Gasteiger partial charge in [-0.15, -0.1) is 0 Å². The lowest BCUT2D eigenvalue weighted by atomic mass is 9.82. The molecule has 8 nitrogen and oxygen atoms in total. The number of rotatable bonds is 6. The maximum Gasteiger partial charge on any atom is 0.412 e. The fraction of sp³-hybridized carbons (Fsp3) is 0.238. The van der Waals surface area contributed by atoms with Crippen molar-refractivity contribution < 1.29 is 38.4 Å². The first kappa shape index (κ1) is 21.0. The average Bonchev–Trinajstić information content (AvgIpc) is 3.14. The van der Waals surface area contributed by atoms with Gasteiger partial charge in [0.05, 0.1) is 0 Å². The third-order valence-corrected chi connectivity index (χ3v) is 4.45. The predicted molar refractivity (Wildman–Crippen MR) is 104 cm³/mol. The van der Waals surface area contributed by atoms with Gasteiger partial charge in [0.15, 0.2) is 23.1 Å². The Morgan fingerprint density at radius 1 is 1.20 bits per heavy atom. The van der Waals surface area contributed by atoms with Gasteiger partial charge in [0.25, 0.3) is 0 Å². The summed E-state index contributed by atoms with van der Waals surface area (Å²) in [6.07, 6.45) is 0.364. The van der Waals surface area contributed by atoms with Gasteiger partial charge in [-0.1, -0.05) is 26.0 Å². The summed E-state index contributed by atoms with van der Waals surface area (Å²) in [6.45, 7) is 3.35. The number of carboxylic acids is 1. The Bertz CT molecular complexity index is 1000. The Hall–Kier alpha value is -3.75. The third-order valence-electron chi connectivity index (χ3n) is 4.45. The summed E-state index contributed by atoms with van der Waals surface area (Å²) in [5, 5.41) is 20.9. The van der Waals surface area contributed by atoms with Gasteiger partial charge in [-0.2, -0.15) is 0 Å². The van der Waals surface area contributed by atoms with Gasteiger partial charge >= 0.3 is 12.1 Å². The molecule has 0 unspecified atom stereocenters. The van der Waals surface area contributed by atoms with Crippen molar-refractivity contribution in [2.24, 2.45) is 5.41 Å². The quantitative estimate of drug-likeness (QED) is 0.603. The van der Waals surface area contributed by atoms with Gasteiger partial charge in [0, 0.05) is 23.2 Å². The van der Waals surface area contributed by atoms with E-state index in [2.05, 4.69) is 5.32 Å². The van der Waals surface area contributed by atoms with Gasteiger partial charge in [-0.25, -0.2) is 14.0 Å². The van der Waals surface area contributed by atoms with Crippen molar-refractivity contribution in [2.45, 2.75) is 20.0 Å². The fourth-order valence-electron chi connectivity index (χ4n) is 2.94. The summed E-state index contributed by atoms with van der Waals surface area (Å²) in [7, 11) is 0. The van der Waals surface area contributed by atoms with Crippen LogP contribution in [0, 0.1) is 11.2 Å². The molecule has 2 aromatic rings. The predicted octanol–water partition coefficient (Wildman–Crippen LogP) is 4.22. The molecule has 0 radical (unpaired) electrons. The zero-order valence-electron chi connectivity index (χ0n) is 16.2. The van der Waals surface area contributed by atoms with Crippen molar-refractivity contribution in [3.8, 4) is 17.2 Å². The summed E-state index contributed by atoms with van der Waals surface area (Å²) in [4.78, 5) is 23.5. The van der Waals surface area contributed by atoms with E-state index in [1.54, 1.807) is 32.0 Å². The summed E-state index contributed by atoms with van der Waals surface area (Å²) < 4.78 is 29.9. The van der Waals surface area contributed by atoms with Crippen molar-refractivity contribution in [3.63, 3.8) is 0 Å². The van der Waals surface area contributed by atoms with Crippen LogP contribution in [0.25, 0.3) is 0 Å². The minimum absolute atomic E-state index is 0.0851. The van der Waals surface area contributed by atoms with E-state index in [9.17, 15) is 19.1 Å². The number of amides is 1. The lowest BCUT2D eigenvalue weighted by Crippen LogP contribution is -2.28. The Morgan fingerprint density at radius 3 is 2.63 bits per heavy atom. The van der Waals surface area contributed by atoms with E-state index in [0.717, 1.165) is 18.2 Å². The molecule has 0 saturated carbocycles. The highest BCUT2D eigenvalue weighted by Gasteiger charge is 2.33. The number of halogens is 1. The maximum atomic E-state index is 13.9. The number of hydrogen-bond acceptors (Lipinski definition) is 6. The second kappa shape index (κ2) is 8.32. The minimum atomic E-state index is -1.18. The topological polar surface area (TPSA) is 114 Å². The number of aromatic hydroxyl groups is 1. The van der Waals surface area contributed by atoms with Crippen molar-refractivity contribution in [2.75, 3.05) is 12.1 Å². The highest BCUT2D eigenvalue weighted by atomic mass is 19.1. The zero-order chi connectivity index (χ0) is 21.9. The molecular formula is C21H20FNO7. The van der Waals surface area contributed by atoms with Crippen LogP contribution in [0.2, 0.25) is 0 Å². The number of carbonyl (C=O) groups excluding carboxylic acids is 1. The van der Waals surface area contributed by atoms with Gasteiger partial charge in [0.2, 0.25) is 6.79 Å². The van der Waals surface area contributed by atoms with Crippen LogP contribution in [-0.4, -0.2) is 29.1 Å². The van der Waals surface area contributed by atoms with E-state index in [1.165, 1.54) is 12.1 Å². The molecular weight excluding hydrogens is 397 g/mol. The standard InChI is InChI=1S/C21H20FNO7/c1-21(2,8-7-18(25)26)19(12-3-5-15(24)14(22)9-12)30-20(27)23-13-4-6-16-17(10-13)29-11-28-16/h3-10,19,24H,11H2,1-2H3,(H,23,27)(H,25,26)/b8-7+/t19-/m1/s1. The number of carbonyl (C=O) groups is 2.